The SMILES string of the molecule is CCOc1cc(CNCc2ccccc2OC)cc(Br)c1OCc1ccc(Cl)cc1. The molecule has 0 unspecified atom stereocenters. The lowest BCUT2D eigenvalue weighted by Crippen LogP contribution is -2.13. The first-order valence-corrected chi connectivity index (χ1v) is 10.9. The maximum absolute atomic E-state index is 6.05. The first-order chi connectivity index (χ1) is 14.6. The molecule has 3 aromatic carbocycles. The van der Waals surface area contributed by atoms with E-state index in [1.165, 1.54) is 0 Å². The second-order valence-electron chi connectivity index (χ2n) is 6.67. The summed E-state index contributed by atoms with van der Waals surface area (Å²) in [6, 6.07) is 19.7. The van der Waals surface area contributed by atoms with Crippen LogP contribution in [0.2, 0.25) is 5.02 Å². The average Bonchev–Trinajstić information content (AvgIpc) is 2.75. The monoisotopic (exact) mass is 489 g/mol. The van der Waals surface area contributed by atoms with Crippen LogP contribution >= 0.6 is 27.5 Å². The largest absolute Gasteiger partial charge is 0.496 e. The van der Waals surface area contributed by atoms with Crippen molar-refractivity contribution in [2.45, 2.75) is 26.6 Å². The maximum Gasteiger partial charge on any atom is 0.175 e. The molecule has 0 aliphatic carbocycles. The Morgan fingerprint density at radius 2 is 1.67 bits per heavy atom. The minimum Gasteiger partial charge on any atom is -0.496 e. The molecular formula is C24H25BrClNO3. The van der Waals surface area contributed by atoms with Crippen molar-refractivity contribution in [2.24, 2.45) is 0 Å². The van der Waals surface area contributed by atoms with E-state index in [9.17, 15) is 0 Å². The highest BCUT2D eigenvalue weighted by atomic mass is 79.9. The van der Waals surface area contributed by atoms with Gasteiger partial charge in [0, 0.05) is 23.7 Å². The highest BCUT2D eigenvalue weighted by Crippen LogP contribution is 2.37. The van der Waals surface area contributed by atoms with Gasteiger partial charge < -0.3 is 19.5 Å². The van der Waals surface area contributed by atoms with Crippen molar-refractivity contribution in [2.75, 3.05) is 13.7 Å². The van der Waals surface area contributed by atoms with Crippen LogP contribution in [0.25, 0.3) is 0 Å². The molecule has 0 atom stereocenters. The molecule has 3 aromatic rings. The van der Waals surface area contributed by atoms with Gasteiger partial charge in [-0.25, -0.2) is 0 Å². The van der Waals surface area contributed by atoms with Gasteiger partial charge in [-0.1, -0.05) is 41.9 Å². The van der Waals surface area contributed by atoms with Gasteiger partial charge in [-0.3, -0.25) is 0 Å². The van der Waals surface area contributed by atoms with E-state index in [1.807, 2.05) is 55.5 Å². The van der Waals surface area contributed by atoms with Crippen LogP contribution < -0.4 is 19.5 Å². The Labute approximate surface area is 191 Å². The first kappa shape index (κ1) is 22.5. The molecule has 1 N–H and O–H groups in total. The number of nitrogens with one attached hydrogen (secondary N) is 1. The van der Waals surface area contributed by atoms with Crippen LogP contribution in [-0.2, 0) is 19.7 Å². The molecule has 6 heteroatoms. The second kappa shape index (κ2) is 11.3. The normalized spacial score (nSPS) is 10.7. The number of halogens is 2. The number of hydrogen-bond donors (Lipinski definition) is 1. The van der Waals surface area contributed by atoms with Gasteiger partial charge in [0.05, 0.1) is 18.2 Å². The van der Waals surface area contributed by atoms with Crippen LogP contribution in [0, 0.1) is 0 Å². The van der Waals surface area contributed by atoms with Gasteiger partial charge in [-0.15, -0.1) is 0 Å². The zero-order chi connectivity index (χ0) is 21.3. The van der Waals surface area contributed by atoms with E-state index in [4.69, 9.17) is 25.8 Å². The molecule has 3 rings (SSSR count). The van der Waals surface area contributed by atoms with Crippen LogP contribution in [0.15, 0.2) is 65.1 Å². The Morgan fingerprint density at radius 3 is 2.40 bits per heavy atom. The topological polar surface area (TPSA) is 39.7 Å². The third kappa shape index (κ3) is 6.14. The molecule has 0 bridgehead atoms. The molecular weight excluding hydrogens is 466 g/mol. The van der Waals surface area contributed by atoms with Crippen LogP contribution in [0.1, 0.15) is 23.6 Å². The summed E-state index contributed by atoms with van der Waals surface area (Å²) in [6.45, 7) is 4.35. The van der Waals surface area contributed by atoms with Gasteiger partial charge in [-0.2, -0.15) is 0 Å². The molecule has 158 valence electrons. The van der Waals surface area contributed by atoms with Crippen molar-refractivity contribution < 1.29 is 14.2 Å². The summed E-state index contributed by atoms with van der Waals surface area (Å²) in [5.41, 5.74) is 3.25. The maximum atomic E-state index is 6.05. The molecule has 0 heterocycles. The summed E-state index contributed by atoms with van der Waals surface area (Å²) < 4.78 is 18.2. The molecule has 4 nitrogen and oxygen atoms in total. The fraction of sp³-hybridized carbons (Fsp3) is 0.250. The quantitative estimate of drug-likeness (QED) is 0.358. The Balaban J connectivity index is 1.68. The molecule has 0 radical (unpaired) electrons. The fourth-order valence-electron chi connectivity index (χ4n) is 3.05. The van der Waals surface area contributed by atoms with Crippen molar-refractivity contribution in [1.82, 2.24) is 5.32 Å². The zero-order valence-corrected chi connectivity index (χ0v) is 19.4. The van der Waals surface area contributed by atoms with E-state index < -0.39 is 0 Å². The molecule has 0 amide bonds. The Kier molecular flexibility index (Phi) is 8.43. The third-order valence-corrected chi connectivity index (χ3v) is 5.34. The number of methoxy groups -OCH3 is 1. The fourth-order valence-corrected chi connectivity index (χ4v) is 3.78. The van der Waals surface area contributed by atoms with Crippen LogP contribution in [0.3, 0.4) is 0 Å². The van der Waals surface area contributed by atoms with E-state index in [2.05, 4.69) is 33.4 Å². The number of ether oxygens (including phenoxy) is 3. The number of para-hydroxylation sites is 1. The first-order valence-electron chi connectivity index (χ1n) is 9.75. The highest BCUT2D eigenvalue weighted by Gasteiger charge is 2.13. The Morgan fingerprint density at radius 1 is 0.900 bits per heavy atom. The minimum absolute atomic E-state index is 0.432. The molecule has 0 aliphatic rings. The predicted octanol–water partition coefficient (Wildman–Crippen LogP) is 6.38. The minimum atomic E-state index is 0.432. The van der Waals surface area contributed by atoms with Gasteiger partial charge in [0.25, 0.3) is 0 Å². The van der Waals surface area contributed by atoms with Gasteiger partial charge in [0.2, 0.25) is 0 Å². The molecule has 0 fully saturated rings. The van der Waals surface area contributed by atoms with Crippen LogP contribution in [0.5, 0.6) is 17.2 Å². The summed E-state index contributed by atoms with van der Waals surface area (Å²) in [5.74, 6) is 2.29. The van der Waals surface area contributed by atoms with E-state index in [1.54, 1.807) is 7.11 Å². The molecule has 0 spiro atoms. The number of hydrogen-bond acceptors (Lipinski definition) is 4. The third-order valence-electron chi connectivity index (χ3n) is 4.50. The lowest BCUT2D eigenvalue weighted by Gasteiger charge is -2.16. The molecule has 0 aliphatic heterocycles. The highest BCUT2D eigenvalue weighted by molar-refractivity contribution is 9.10. The lowest BCUT2D eigenvalue weighted by molar-refractivity contribution is 0.267. The van der Waals surface area contributed by atoms with Gasteiger partial charge in [0.1, 0.15) is 12.4 Å². The van der Waals surface area contributed by atoms with Crippen molar-refractivity contribution in [3.05, 3.63) is 86.8 Å². The predicted molar refractivity (Wildman–Crippen MR) is 125 cm³/mol. The number of benzene rings is 3. The standard InChI is InChI=1S/C24H25BrClNO3/c1-3-29-23-13-18(14-27-15-19-6-4-5-7-22(19)28-2)12-21(25)24(23)30-16-17-8-10-20(26)11-9-17/h4-13,27H,3,14-16H2,1-2H3. The second-order valence-corrected chi connectivity index (χ2v) is 7.96. The van der Waals surface area contributed by atoms with Crippen molar-refractivity contribution in [3.63, 3.8) is 0 Å². The van der Waals surface area contributed by atoms with Gasteiger partial charge in [0.15, 0.2) is 11.5 Å². The smallest absolute Gasteiger partial charge is 0.175 e. The van der Waals surface area contributed by atoms with E-state index >= 15 is 0 Å². The zero-order valence-electron chi connectivity index (χ0n) is 17.1. The molecule has 0 aromatic heterocycles. The molecule has 0 saturated carbocycles. The summed E-state index contributed by atoms with van der Waals surface area (Å²) >= 11 is 9.59. The van der Waals surface area contributed by atoms with Crippen LogP contribution in [0.4, 0.5) is 0 Å². The van der Waals surface area contributed by atoms with E-state index in [-0.39, 0.29) is 0 Å². The van der Waals surface area contributed by atoms with Crippen molar-refractivity contribution in [3.8, 4) is 17.2 Å². The van der Waals surface area contributed by atoms with Crippen molar-refractivity contribution >= 4 is 27.5 Å². The number of rotatable bonds is 10. The van der Waals surface area contributed by atoms with Crippen molar-refractivity contribution in [1.29, 1.82) is 0 Å². The Hall–Kier alpha value is -2.21. The van der Waals surface area contributed by atoms with Gasteiger partial charge >= 0.3 is 0 Å². The average molecular weight is 491 g/mol. The van der Waals surface area contributed by atoms with Gasteiger partial charge in [-0.05, 0) is 64.3 Å². The molecule has 30 heavy (non-hydrogen) atoms. The summed E-state index contributed by atoms with van der Waals surface area (Å²) in [4.78, 5) is 0. The summed E-state index contributed by atoms with van der Waals surface area (Å²) in [5, 5.41) is 4.17. The lowest BCUT2D eigenvalue weighted by atomic mass is 10.1. The van der Waals surface area contributed by atoms with E-state index in [0.717, 1.165) is 32.7 Å². The summed E-state index contributed by atoms with van der Waals surface area (Å²) in [7, 11) is 1.69. The molecule has 0 saturated heterocycles. The van der Waals surface area contributed by atoms with Crippen LogP contribution in [-0.4, -0.2) is 13.7 Å². The Bertz CT molecular complexity index is 963. The summed E-state index contributed by atoms with van der Waals surface area (Å²) in [6.07, 6.45) is 0. The van der Waals surface area contributed by atoms with E-state index in [0.29, 0.717) is 37.1 Å².